The second-order valence-electron chi connectivity index (χ2n) is 3.35. The second-order valence-corrected chi connectivity index (χ2v) is 4.16. The number of rotatable bonds is 2. The highest BCUT2D eigenvalue weighted by atomic mass is 79.9. The average molecular weight is 285 g/mol. The van der Waals surface area contributed by atoms with Gasteiger partial charge in [0.15, 0.2) is 10.9 Å². The number of nitro groups is 1. The second kappa shape index (κ2) is 4.56. The molecular weight excluding hydrogens is 276 g/mol. The van der Waals surface area contributed by atoms with Gasteiger partial charge in [-0.2, -0.15) is 0 Å². The molecule has 7 heteroatoms. The van der Waals surface area contributed by atoms with Gasteiger partial charge in [0, 0.05) is 13.0 Å². The SMILES string of the molecule is O=[N+]([O-])/N=C1/CCCN1c1ccc(Br)nc1. The Hall–Kier alpha value is -1.50. The third-order valence-electron chi connectivity index (χ3n) is 2.31. The molecule has 0 aromatic carbocycles. The van der Waals surface area contributed by atoms with Crippen LogP contribution in [0.5, 0.6) is 0 Å². The number of halogens is 1. The zero-order valence-electron chi connectivity index (χ0n) is 8.34. The normalized spacial score (nSPS) is 18.1. The molecule has 6 nitrogen and oxygen atoms in total. The first-order valence-corrected chi connectivity index (χ1v) is 5.57. The third kappa shape index (κ3) is 2.35. The predicted molar refractivity (Wildman–Crippen MR) is 62.9 cm³/mol. The molecule has 0 aliphatic carbocycles. The quantitative estimate of drug-likeness (QED) is 0.473. The van der Waals surface area contributed by atoms with Gasteiger partial charge in [0.05, 0.1) is 17.0 Å². The maximum absolute atomic E-state index is 10.4. The van der Waals surface area contributed by atoms with E-state index >= 15 is 0 Å². The van der Waals surface area contributed by atoms with E-state index in [2.05, 4.69) is 26.0 Å². The molecule has 1 aromatic rings. The van der Waals surface area contributed by atoms with Crippen molar-refractivity contribution in [2.75, 3.05) is 11.4 Å². The van der Waals surface area contributed by atoms with Gasteiger partial charge in [-0.3, -0.25) is 0 Å². The van der Waals surface area contributed by atoms with Crippen molar-refractivity contribution >= 4 is 27.5 Å². The molecule has 0 atom stereocenters. The summed E-state index contributed by atoms with van der Waals surface area (Å²) in [6, 6.07) is 3.66. The van der Waals surface area contributed by atoms with Gasteiger partial charge in [0.1, 0.15) is 4.60 Å². The van der Waals surface area contributed by atoms with Crippen LogP contribution < -0.4 is 4.90 Å². The molecule has 1 saturated heterocycles. The summed E-state index contributed by atoms with van der Waals surface area (Å²) in [5, 5.41) is 13.1. The van der Waals surface area contributed by atoms with Gasteiger partial charge in [-0.1, -0.05) is 0 Å². The first-order chi connectivity index (χ1) is 7.66. The van der Waals surface area contributed by atoms with E-state index in [0.717, 1.165) is 23.3 Å². The molecule has 2 rings (SSSR count). The molecule has 0 amide bonds. The lowest BCUT2D eigenvalue weighted by molar-refractivity contribution is -0.485. The van der Waals surface area contributed by atoms with Crippen LogP contribution in [0.4, 0.5) is 5.69 Å². The molecule has 0 spiro atoms. The van der Waals surface area contributed by atoms with Crippen molar-refractivity contribution in [2.24, 2.45) is 5.10 Å². The largest absolute Gasteiger partial charge is 0.323 e. The number of hydrazone groups is 1. The van der Waals surface area contributed by atoms with Crippen molar-refractivity contribution in [3.05, 3.63) is 33.0 Å². The summed E-state index contributed by atoms with van der Waals surface area (Å²) in [5.74, 6) is 0.495. The van der Waals surface area contributed by atoms with Crippen LogP contribution >= 0.6 is 15.9 Å². The van der Waals surface area contributed by atoms with Gasteiger partial charge < -0.3 is 4.90 Å². The third-order valence-corrected chi connectivity index (χ3v) is 2.78. The number of nitrogens with zero attached hydrogens (tertiary/aromatic N) is 4. The van der Waals surface area contributed by atoms with E-state index < -0.39 is 5.03 Å². The van der Waals surface area contributed by atoms with E-state index in [1.165, 1.54) is 0 Å². The van der Waals surface area contributed by atoms with Crippen LogP contribution in [0.3, 0.4) is 0 Å². The lowest BCUT2D eigenvalue weighted by Gasteiger charge is -2.16. The molecule has 2 heterocycles. The zero-order valence-corrected chi connectivity index (χ0v) is 9.92. The van der Waals surface area contributed by atoms with Crippen LogP contribution in [0.15, 0.2) is 28.0 Å². The minimum atomic E-state index is -0.653. The molecule has 16 heavy (non-hydrogen) atoms. The van der Waals surface area contributed by atoms with Crippen LogP contribution in [0.2, 0.25) is 0 Å². The summed E-state index contributed by atoms with van der Waals surface area (Å²) in [5.41, 5.74) is 0.835. The summed E-state index contributed by atoms with van der Waals surface area (Å²) in [6.45, 7) is 0.746. The van der Waals surface area contributed by atoms with Gasteiger partial charge in [0.25, 0.3) is 0 Å². The van der Waals surface area contributed by atoms with Crippen molar-refractivity contribution in [1.82, 2.24) is 4.98 Å². The van der Waals surface area contributed by atoms with Crippen LogP contribution in [0.25, 0.3) is 0 Å². The number of pyridine rings is 1. The van der Waals surface area contributed by atoms with Crippen molar-refractivity contribution < 1.29 is 5.03 Å². The van der Waals surface area contributed by atoms with Gasteiger partial charge in [0.2, 0.25) is 0 Å². The van der Waals surface area contributed by atoms with Crippen LogP contribution in [0.1, 0.15) is 12.8 Å². The fourth-order valence-corrected chi connectivity index (χ4v) is 1.90. The zero-order chi connectivity index (χ0) is 11.5. The van der Waals surface area contributed by atoms with Crippen molar-refractivity contribution in [3.63, 3.8) is 0 Å². The summed E-state index contributed by atoms with van der Waals surface area (Å²) in [7, 11) is 0. The van der Waals surface area contributed by atoms with Gasteiger partial charge >= 0.3 is 0 Å². The number of anilines is 1. The van der Waals surface area contributed by atoms with Crippen LogP contribution in [0, 0.1) is 10.1 Å². The lowest BCUT2D eigenvalue weighted by atomic mass is 10.4. The topological polar surface area (TPSA) is 71.6 Å². The lowest BCUT2D eigenvalue weighted by Crippen LogP contribution is -2.25. The molecule has 1 aromatic heterocycles. The molecule has 1 fully saturated rings. The molecule has 0 radical (unpaired) electrons. The first-order valence-electron chi connectivity index (χ1n) is 4.78. The average Bonchev–Trinajstić information content (AvgIpc) is 2.66. The number of aromatic nitrogens is 1. The van der Waals surface area contributed by atoms with E-state index in [9.17, 15) is 10.1 Å². The highest BCUT2D eigenvalue weighted by Crippen LogP contribution is 2.22. The predicted octanol–water partition coefficient (Wildman–Crippen LogP) is 2.03. The van der Waals surface area contributed by atoms with Gasteiger partial charge in [-0.05, 0) is 34.5 Å². The monoisotopic (exact) mass is 284 g/mol. The van der Waals surface area contributed by atoms with Crippen LogP contribution in [-0.2, 0) is 0 Å². The number of hydrogen-bond donors (Lipinski definition) is 0. The van der Waals surface area contributed by atoms with E-state index in [1.54, 1.807) is 12.3 Å². The molecule has 1 aliphatic rings. The fraction of sp³-hybridized carbons (Fsp3) is 0.333. The molecule has 84 valence electrons. The van der Waals surface area contributed by atoms with E-state index in [0.29, 0.717) is 12.3 Å². The molecule has 0 N–H and O–H groups in total. The maximum Gasteiger partial charge on any atom is 0.192 e. The van der Waals surface area contributed by atoms with Crippen LogP contribution in [-0.4, -0.2) is 22.4 Å². The van der Waals surface area contributed by atoms with Crippen molar-refractivity contribution in [2.45, 2.75) is 12.8 Å². The minimum absolute atomic E-state index is 0.495. The molecule has 1 aliphatic heterocycles. The summed E-state index contributed by atoms with van der Waals surface area (Å²) >= 11 is 3.24. The standard InChI is InChI=1S/C9H9BrN4O2/c10-8-4-3-7(6-11-8)13-5-1-2-9(13)12-14(15)16/h3-4,6H,1-2,5H2/b12-9-. The molecular formula is C9H9BrN4O2. The van der Waals surface area contributed by atoms with Crippen molar-refractivity contribution in [1.29, 1.82) is 0 Å². The Labute approximate surface area is 100 Å². The Morgan fingerprint density at radius 2 is 2.38 bits per heavy atom. The van der Waals surface area contributed by atoms with Crippen molar-refractivity contribution in [3.8, 4) is 0 Å². The van der Waals surface area contributed by atoms with E-state index in [4.69, 9.17) is 0 Å². The van der Waals surface area contributed by atoms with Gasteiger partial charge in [-0.15, -0.1) is 0 Å². The van der Waals surface area contributed by atoms with E-state index in [-0.39, 0.29) is 0 Å². The Bertz CT molecular complexity index is 432. The smallest absolute Gasteiger partial charge is 0.192 e. The van der Waals surface area contributed by atoms with E-state index in [1.807, 2.05) is 11.0 Å². The summed E-state index contributed by atoms with van der Waals surface area (Å²) in [4.78, 5) is 16.3. The highest BCUT2D eigenvalue weighted by molar-refractivity contribution is 9.10. The van der Waals surface area contributed by atoms with Gasteiger partial charge in [-0.25, -0.2) is 15.1 Å². The fourth-order valence-electron chi connectivity index (χ4n) is 1.66. The maximum atomic E-state index is 10.4. The highest BCUT2D eigenvalue weighted by Gasteiger charge is 2.23. The molecule has 0 bridgehead atoms. The Morgan fingerprint density at radius 3 is 3.00 bits per heavy atom. The first kappa shape index (κ1) is 11.0. The molecule has 0 saturated carbocycles. The number of amidine groups is 1. The Kier molecular flexibility index (Phi) is 3.14. The minimum Gasteiger partial charge on any atom is -0.323 e. The Morgan fingerprint density at radius 1 is 1.56 bits per heavy atom. The number of hydrogen-bond acceptors (Lipinski definition) is 3. The summed E-state index contributed by atoms with van der Waals surface area (Å²) < 4.78 is 0.739. The summed E-state index contributed by atoms with van der Waals surface area (Å²) in [6.07, 6.45) is 3.19. The Balaban J connectivity index is 2.26. The molecule has 0 unspecified atom stereocenters.